The first-order chi connectivity index (χ1) is 73.1. The average Bonchev–Trinajstić information content (AvgIpc) is 1.74. The summed E-state index contributed by atoms with van der Waals surface area (Å²) in [5.74, 6) is 8.79. The lowest BCUT2D eigenvalue weighted by atomic mass is 9.97. The van der Waals surface area contributed by atoms with Crippen LogP contribution >= 0.6 is 0 Å². The summed E-state index contributed by atoms with van der Waals surface area (Å²) < 4.78 is 107. The molecule has 21 aromatic rings. The van der Waals surface area contributed by atoms with Gasteiger partial charge in [-0.1, -0.05) is 164 Å². The van der Waals surface area contributed by atoms with Crippen LogP contribution in [0, 0.1) is 6.92 Å². The SMILES string of the molecule is CCOc1ccc(-c2nc(-c3ccc(C4=NCCC4)cc3)no2)cc1OCC.CCOc1ccc(-c2nc(-c3cccc(CO)c3C)no2)cc1OCC.CNc1cccc(-c2nc(-c3ccncc3)no2)c1.FC(F)(F)c1cc(-c2nc(-c3ccc(C4N=CCN4)cc3)no2)ccc1-c1ccccc1.c1cc(-c2ccco2)cc(-c2nc(-c3ccncc3)no2)c1.c1cc(-c2cocn2)cc(-c2nc(-c3ccncc3)no2)c1. The molecule has 2 aliphatic heterocycles. The predicted octanol–water partition coefficient (Wildman–Crippen LogP) is 24.9. The van der Waals surface area contributed by atoms with Crippen LogP contribution in [0.1, 0.15) is 74.5 Å². The summed E-state index contributed by atoms with van der Waals surface area (Å²) in [7, 11) is 1.87. The molecular weight excluding hydrogens is 1900 g/mol. The van der Waals surface area contributed by atoms with Crippen molar-refractivity contribution in [2.75, 3.05) is 51.9 Å². The van der Waals surface area contributed by atoms with E-state index in [1.807, 2.05) is 260 Å². The average molecular weight is 2000 g/mol. The molecule has 11 aromatic heterocycles. The number of furan rings is 1. The quantitative estimate of drug-likeness (QED) is 0.0430. The Kier molecular flexibility index (Phi) is 32.5. The molecular formula is C113H95F3N20O13. The van der Waals surface area contributed by atoms with Gasteiger partial charge in [0.15, 0.2) is 29.4 Å². The van der Waals surface area contributed by atoms with E-state index in [1.165, 1.54) is 18.2 Å². The summed E-state index contributed by atoms with van der Waals surface area (Å²) in [4.78, 5) is 51.5. The number of aliphatic hydroxyl groups excluding tert-OH is 1. The van der Waals surface area contributed by atoms with Crippen LogP contribution < -0.4 is 29.6 Å². The zero-order chi connectivity index (χ0) is 103. The molecule has 1 atom stereocenters. The summed E-state index contributed by atoms with van der Waals surface area (Å²) in [6.45, 7) is 13.5. The number of hydrogen-bond acceptors (Lipinski definition) is 33. The predicted molar refractivity (Wildman–Crippen MR) is 553 cm³/mol. The number of anilines is 1. The summed E-state index contributed by atoms with van der Waals surface area (Å²) in [6.07, 6.45) is 14.2. The lowest BCUT2D eigenvalue weighted by Gasteiger charge is -2.14. The second-order valence-electron chi connectivity index (χ2n) is 32.8. The topological polar surface area (TPSA) is 417 Å². The number of ether oxygens (including phenoxy) is 4. The Labute approximate surface area is 851 Å². The maximum Gasteiger partial charge on any atom is 0.417 e. The van der Waals surface area contributed by atoms with Gasteiger partial charge >= 0.3 is 6.18 Å². The van der Waals surface area contributed by atoms with Crippen LogP contribution in [0.3, 0.4) is 0 Å². The number of aromatic nitrogens is 16. The zero-order valence-corrected chi connectivity index (χ0v) is 81.2. The van der Waals surface area contributed by atoms with Gasteiger partial charge in [-0.2, -0.15) is 43.1 Å². The van der Waals surface area contributed by atoms with Crippen molar-refractivity contribution in [1.82, 2.24) is 86.1 Å². The van der Waals surface area contributed by atoms with Gasteiger partial charge in [-0.25, -0.2) is 4.98 Å². The molecule has 746 valence electrons. The van der Waals surface area contributed by atoms with Crippen molar-refractivity contribution in [3.8, 4) is 194 Å². The van der Waals surface area contributed by atoms with Gasteiger partial charge in [0.05, 0.1) is 44.9 Å². The second-order valence-corrected chi connectivity index (χ2v) is 32.8. The second kappa shape index (κ2) is 48.4. The highest BCUT2D eigenvalue weighted by Gasteiger charge is 2.35. The van der Waals surface area contributed by atoms with Crippen molar-refractivity contribution < 1.29 is 73.2 Å². The lowest BCUT2D eigenvalue weighted by Crippen LogP contribution is -2.14. The minimum Gasteiger partial charge on any atom is -0.490 e. The number of halogens is 3. The Bertz CT molecular complexity index is 7830. The van der Waals surface area contributed by atoms with E-state index >= 15 is 0 Å². The molecule has 10 aromatic carbocycles. The van der Waals surface area contributed by atoms with E-state index in [0.29, 0.717) is 125 Å². The number of nitrogens with zero attached hydrogens (tertiary/aromatic N) is 18. The third kappa shape index (κ3) is 25.1. The van der Waals surface area contributed by atoms with Gasteiger partial charge in [0.2, 0.25) is 34.9 Å². The molecule has 3 N–H and O–H groups in total. The highest BCUT2D eigenvalue weighted by molar-refractivity contribution is 6.01. The van der Waals surface area contributed by atoms with Gasteiger partial charge < -0.3 is 65.3 Å². The monoisotopic (exact) mass is 2000 g/mol. The molecule has 1 unspecified atom stereocenters. The molecule has 23 rings (SSSR count). The highest BCUT2D eigenvalue weighted by Crippen LogP contribution is 2.42. The van der Waals surface area contributed by atoms with Crippen LogP contribution in [0.2, 0.25) is 0 Å². The number of aliphatic imine (C=N–C) groups is 2. The molecule has 2 aliphatic rings. The Hall–Kier alpha value is -19.0. The normalized spacial score (nSPS) is 12.3. The van der Waals surface area contributed by atoms with E-state index < -0.39 is 11.7 Å². The lowest BCUT2D eigenvalue weighted by molar-refractivity contribution is -0.137. The summed E-state index contributed by atoms with van der Waals surface area (Å²) in [6, 6.07) is 83.1. The van der Waals surface area contributed by atoms with Crippen molar-refractivity contribution >= 4 is 17.6 Å². The molecule has 0 radical (unpaired) electrons. The van der Waals surface area contributed by atoms with Gasteiger partial charge in [-0.15, -0.1) is 0 Å². The molecule has 0 fully saturated rings. The van der Waals surface area contributed by atoms with E-state index in [4.69, 9.17) is 54.9 Å². The van der Waals surface area contributed by atoms with Gasteiger partial charge in [0.25, 0.3) is 35.3 Å². The number of hydrogen-bond donors (Lipinski definition) is 3. The fourth-order valence-electron chi connectivity index (χ4n) is 15.7. The molecule has 0 saturated heterocycles. The Balaban J connectivity index is 0.000000118. The summed E-state index contributed by atoms with van der Waals surface area (Å²) in [5.41, 5.74) is 18.0. The Morgan fingerprint density at radius 1 is 0.403 bits per heavy atom. The zero-order valence-electron chi connectivity index (χ0n) is 81.2. The van der Waals surface area contributed by atoms with E-state index in [9.17, 15) is 18.3 Å². The first-order valence-corrected chi connectivity index (χ1v) is 47.5. The summed E-state index contributed by atoms with van der Waals surface area (Å²) in [5, 5.41) is 39.9. The fourth-order valence-corrected chi connectivity index (χ4v) is 15.7. The molecule has 0 spiro atoms. The van der Waals surface area contributed by atoms with Crippen molar-refractivity contribution in [1.29, 1.82) is 0 Å². The molecule has 33 nitrogen and oxygen atoms in total. The van der Waals surface area contributed by atoms with Crippen molar-refractivity contribution in [3.63, 3.8) is 0 Å². The molecule has 13 heterocycles. The van der Waals surface area contributed by atoms with Crippen LogP contribution in [0.15, 0.2) is 375 Å². The maximum absolute atomic E-state index is 13.8. The smallest absolute Gasteiger partial charge is 0.417 e. The van der Waals surface area contributed by atoms with Crippen molar-refractivity contribution in [2.45, 2.75) is 66.4 Å². The number of alkyl halides is 3. The maximum atomic E-state index is 13.8. The van der Waals surface area contributed by atoms with Gasteiger partial charge in [0, 0.05) is 153 Å². The fraction of sp³-hybridized carbons (Fsp3) is 0.150. The minimum atomic E-state index is -4.53. The minimum absolute atomic E-state index is 0.0243. The molecule has 36 heteroatoms. The first-order valence-electron chi connectivity index (χ1n) is 47.5. The molecule has 0 amide bonds. The number of pyridine rings is 3. The third-order valence-electron chi connectivity index (χ3n) is 23.1. The van der Waals surface area contributed by atoms with Crippen LogP contribution in [0.4, 0.5) is 18.9 Å². The first kappa shape index (κ1) is 100. The third-order valence-corrected chi connectivity index (χ3v) is 23.1. The number of nitrogens with one attached hydrogen (secondary N) is 2. The van der Waals surface area contributed by atoms with Crippen LogP contribution in [-0.4, -0.2) is 144 Å². The molecule has 0 aliphatic carbocycles. The van der Waals surface area contributed by atoms with Gasteiger partial charge in [-0.3, -0.25) is 30.3 Å². The van der Waals surface area contributed by atoms with E-state index in [1.54, 1.807) is 86.1 Å². The number of aliphatic hydroxyl groups is 1. The molecule has 0 bridgehead atoms. The molecule has 0 saturated carbocycles. The van der Waals surface area contributed by atoms with E-state index in [2.05, 4.69) is 114 Å². The van der Waals surface area contributed by atoms with Gasteiger partial charge in [-0.05, 0) is 220 Å². The van der Waals surface area contributed by atoms with Crippen molar-refractivity contribution in [3.05, 3.63) is 357 Å². The Morgan fingerprint density at radius 2 is 0.832 bits per heavy atom. The molecule has 149 heavy (non-hydrogen) atoms. The standard InChI is InChI=1S/C24H17F3N4O.C22H23N3O3.C20H22N2O4.C17H11N3O2.C16H10N4O2.C14H12N4O/c25-24(26,27)20-14-18(10-11-19(20)15-4-2-1-3-5-15)23-30-22(31-32-23)17-8-6-16(7-9-17)21-28-12-13-29-21;1-3-26-19-12-11-17(14-20(19)27-4-2)22-24-21(25-28-22)16-9-7-15(8-10-16)18-6-5-13-23-18;1-4-24-17-10-9-14(11-18(17)25-5-2)20-21-19(22-26-20)16-8-6-7-15(12-23)13(16)3;1-3-13(15-5-2-10-21-15)11-14(4-1)17-19-16(20-22-17)12-6-8-18-9-7-12;1-2-12(14-9-21-10-18-14)8-13(3-1)16-19-15(20-22-16)11-4-6-17-7-5-11;1-15-12-4-2-3-11(9-12)14-17-13(18-19-14)10-5-7-16-8-6-10/h1-12,14,21,29H,13H2;7-12,14H,3-6,13H2,1-2H3;6-11,23H,4-5,12H2,1-3H3;1-11H;1-10H;2-9,15H,1H3. The number of rotatable bonds is 27. The number of benzene rings is 10. The van der Waals surface area contributed by atoms with Crippen LogP contribution in [0.25, 0.3) is 171 Å². The van der Waals surface area contributed by atoms with Crippen molar-refractivity contribution in [2.24, 2.45) is 9.98 Å². The van der Waals surface area contributed by atoms with E-state index in [-0.39, 0.29) is 29.8 Å². The van der Waals surface area contributed by atoms with Crippen LogP contribution in [0.5, 0.6) is 23.0 Å². The largest absolute Gasteiger partial charge is 0.490 e. The Morgan fingerprint density at radius 3 is 1.30 bits per heavy atom. The highest BCUT2D eigenvalue weighted by atomic mass is 19.4. The summed E-state index contributed by atoms with van der Waals surface area (Å²) >= 11 is 0. The van der Waals surface area contributed by atoms with E-state index in [0.717, 1.165) is 138 Å². The number of oxazole rings is 1. The van der Waals surface area contributed by atoms with Crippen LogP contribution in [-0.2, 0) is 12.8 Å². The van der Waals surface area contributed by atoms with Gasteiger partial charge in [0.1, 0.15) is 23.9 Å².